The number of aliphatic hydroxyl groups is 1. The number of benzene rings is 1. The molecule has 1 heterocycles. The summed E-state index contributed by atoms with van der Waals surface area (Å²) in [6.45, 7) is 0.544. The van der Waals surface area contributed by atoms with Gasteiger partial charge in [-0.15, -0.1) is 0 Å². The van der Waals surface area contributed by atoms with Gasteiger partial charge in [0.1, 0.15) is 13.6 Å². The number of ether oxygens (including phenoxy) is 1. The van der Waals surface area contributed by atoms with Gasteiger partial charge in [-0.2, -0.15) is 0 Å². The maximum absolute atomic E-state index is 9.55. The van der Waals surface area contributed by atoms with E-state index < -0.39 is 6.10 Å². The summed E-state index contributed by atoms with van der Waals surface area (Å²) in [6, 6.07) is 5.44. The average Bonchev–Trinajstić information content (AvgIpc) is 2.07. The summed E-state index contributed by atoms with van der Waals surface area (Å²) < 4.78 is 5.34. The molecule has 3 heteroatoms. The molecule has 1 unspecified atom stereocenters. The van der Waals surface area contributed by atoms with Gasteiger partial charge < -0.3 is 9.84 Å². The van der Waals surface area contributed by atoms with Gasteiger partial charge in [0.05, 0.1) is 12.7 Å². The second-order valence-corrected chi connectivity index (χ2v) is 2.92. The van der Waals surface area contributed by atoms with Gasteiger partial charge in [0.2, 0.25) is 0 Å². The standard InChI is InChI=1S/C9H9BO2/c10-7-3-1-2-6-8(11)4-5-12-9(6)7/h1-3,8,11H,4-5H2. The fraction of sp³-hybridized carbons (Fsp3) is 0.333. The van der Waals surface area contributed by atoms with Crippen LogP contribution in [0.25, 0.3) is 0 Å². The van der Waals surface area contributed by atoms with E-state index in [0.29, 0.717) is 24.2 Å². The number of rotatable bonds is 0. The molecule has 1 aliphatic rings. The smallest absolute Gasteiger partial charge is 0.119 e. The Morgan fingerprint density at radius 2 is 2.33 bits per heavy atom. The molecule has 12 heavy (non-hydrogen) atoms. The highest BCUT2D eigenvalue weighted by molar-refractivity contribution is 6.34. The molecule has 60 valence electrons. The SMILES string of the molecule is [B]c1cccc2c1OCCC2O. The van der Waals surface area contributed by atoms with E-state index in [1.165, 1.54) is 0 Å². The van der Waals surface area contributed by atoms with Crippen LogP contribution in [0.5, 0.6) is 5.75 Å². The summed E-state index contributed by atoms with van der Waals surface area (Å²) in [6.07, 6.45) is 0.230. The molecule has 1 atom stereocenters. The van der Waals surface area contributed by atoms with Gasteiger partial charge in [-0.05, 0) is 0 Å². The van der Waals surface area contributed by atoms with Crippen molar-refractivity contribution in [1.82, 2.24) is 0 Å². The van der Waals surface area contributed by atoms with Crippen molar-refractivity contribution in [3.8, 4) is 5.75 Å². The van der Waals surface area contributed by atoms with Crippen LogP contribution in [0.15, 0.2) is 18.2 Å². The maximum Gasteiger partial charge on any atom is 0.119 e. The Labute approximate surface area is 72.6 Å². The number of hydrogen-bond donors (Lipinski definition) is 1. The van der Waals surface area contributed by atoms with E-state index in [9.17, 15) is 5.11 Å². The summed E-state index contributed by atoms with van der Waals surface area (Å²) in [5.41, 5.74) is 1.41. The van der Waals surface area contributed by atoms with E-state index in [2.05, 4.69) is 0 Å². The third kappa shape index (κ3) is 1.10. The quantitative estimate of drug-likeness (QED) is 0.553. The van der Waals surface area contributed by atoms with E-state index >= 15 is 0 Å². The highest BCUT2D eigenvalue weighted by atomic mass is 16.5. The van der Waals surface area contributed by atoms with Crippen molar-refractivity contribution < 1.29 is 9.84 Å². The molecule has 0 amide bonds. The molecule has 1 N–H and O–H groups in total. The van der Waals surface area contributed by atoms with E-state index in [1.807, 2.05) is 12.1 Å². The van der Waals surface area contributed by atoms with E-state index in [0.717, 1.165) is 5.56 Å². The van der Waals surface area contributed by atoms with Crippen LogP contribution >= 0.6 is 0 Å². The van der Waals surface area contributed by atoms with Crippen molar-refractivity contribution in [1.29, 1.82) is 0 Å². The van der Waals surface area contributed by atoms with Crippen LogP contribution in [0.1, 0.15) is 18.1 Å². The summed E-state index contributed by atoms with van der Waals surface area (Å²) in [5, 5.41) is 9.55. The van der Waals surface area contributed by atoms with E-state index in [4.69, 9.17) is 12.6 Å². The van der Waals surface area contributed by atoms with Crippen molar-refractivity contribution >= 4 is 13.3 Å². The molecule has 2 rings (SSSR count). The third-order valence-electron chi connectivity index (χ3n) is 2.07. The largest absolute Gasteiger partial charge is 0.494 e. The lowest BCUT2D eigenvalue weighted by Gasteiger charge is -2.23. The minimum Gasteiger partial charge on any atom is -0.494 e. The third-order valence-corrected chi connectivity index (χ3v) is 2.07. The highest BCUT2D eigenvalue weighted by Gasteiger charge is 2.19. The van der Waals surface area contributed by atoms with Crippen molar-refractivity contribution in [2.75, 3.05) is 6.61 Å². The summed E-state index contributed by atoms with van der Waals surface area (Å²) in [7, 11) is 5.67. The Morgan fingerprint density at radius 1 is 1.50 bits per heavy atom. The first-order chi connectivity index (χ1) is 5.79. The first-order valence-electron chi connectivity index (χ1n) is 3.98. The molecule has 1 aromatic carbocycles. The topological polar surface area (TPSA) is 29.5 Å². The van der Waals surface area contributed by atoms with Crippen LogP contribution in [0, 0.1) is 0 Å². The van der Waals surface area contributed by atoms with Crippen molar-refractivity contribution in [3.63, 3.8) is 0 Å². The number of para-hydroxylation sites is 1. The molecule has 0 saturated heterocycles. The lowest BCUT2D eigenvalue weighted by Crippen LogP contribution is -2.20. The lowest BCUT2D eigenvalue weighted by molar-refractivity contribution is 0.116. The second-order valence-electron chi connectivity index (χ2n) is 2.92. The van der Waals surface area contributed by atoms with Crippen LogP contribution in [-0.4, -0.2) is 19.6 Å². The molecule has 0 fully saturated rings. The normalized spacial score (nSPS) is 21.2. The van der Waals surface area contributed by atoms with Crippen LogP contribution < -0.4 is 10.2 Å². The average molecular weight is 160 g/mol. The lowest BCUT2D eigenvalue weighted by atomic mass is 9.89. The Hall–Kier alpha value is -0.955. The van der Waals surface area contributed by atoms with Gasteiger partial charge in [-0.1, -0.05) is 23.7 Å². The summed E-state index contributed by atoms with van der Waals surface area (Å²) in [4.78, 5) is 0. The molecule has 1 aromatic rings. The molecule has 2 nitrogen and oxygen atoms in total. The molecule has 0 saturated carbocycles. The number of hydrogen-bond acceptors (Lipinski definition) is 2. The molecule has 0 spiro atoms. The number of aliphatic hydroxyl groups excluding tert-OH is 1. The van der Waals surface area contributed by atoms with Crippen LogP contribution in [0.3, 0.4) is 0 Å². The maximum atomic E-state index is 9.55. The van der Waals surface area contributed by atoms with Gasteiger partial charge in [0.25, 0.3) is 0 Å². The Balaban J connectivity index is 2.52. The van der Waals surface area contributed by atoms with Gasteiger partial charge in [0.15, 0.2) is 0 Å². The predicted molar refractivity (Wildman–Crippen MR) is 46.9 cm³/mol. The van der Waals surface area contributed by atoms with E-state index in [1.54, 1.807) is 6.07 Å². The zero-order chi connectivity index (χ0) is 8.55. The minimum absolute atomic E-state index is 0.419. The first kappa shape index (κ1) is 7.68. The zero-order valence-corrected chi connectivity index (χ0v) is 6.66. The zero-order valence-electron chi connectivity index (χ0n) is 6.66. The Morgan fingerprint density at radius 3 is 3.08 bits per heavy atom. The summed E-state index contributed by atoms with van der Waals surface area (Å²) in [5.74, 6) is 0.649. The summed E-state index contributed by atoms with van der Waals surface area (Å²) >= 11 is 0. The molecule has 2 radical (unpaired) electrons. The van der Waals surface area contributed by atoms with Gasteiger partial charge in [-0.3, -0.25) is 0 Å². The number of fused-ring (bicyclic) bond motifs is 1. The molecule has 0 aromatic heterocycles. The fourth-order valence-corrected chi connectivity index (χ4v) is 1.43. The molecular formula is C9H9BO2. The first-order valence-corrected chi connectivity index (χ1v) is 3.98. The monoisotopic (exact) mass is 160 g/mol. The minimum atomic E-state index is -0.419. The molecule has 1 aliphatic heterocycles. The molecule has 0 bridgehead atoms. The van der Waals surface area contributed by atoms with Gasteiger partial charge >= 0.3 is 0 Å². The van der Waals surface area contributed by atoms with Crippen molar-refractivity contribution in [2.24, 2.45) is 0 Å². The van der Waals surface area contributed by atoms with Crippen LogP contribution in [0.4, 0.5) is 0 Å². The Kier molecular flexibility index (Phi) is 1.81. The van der Waals surface area contributed by atoms with Crippen LogP contribution in [0.2, 0.25) is 0 Å². The fourth-order valence-electron chi connectivity index (χ4n) is 1.43. The van der Waals surface area contributed by atoms with Crippen molar-refractivity contribution in [2.45, 2.75) is 12.5 Å². The predicted octanol–water partition coefficient (Wildman–Crippen LogP) is 0.296. The van der Waals surface area contributed by atoms with Gasteiger partial charge in [0, 0.05) is 12.0 Å². The molecular weight excluding hydrogens is 151 g/mol. The second kappa shape index (κ2) is 2.83. The van der Waals surface area contributed by atoms with Gasteiger partial charge in [-0.25, -0.2) is 0 Å². The van der Waals surface area contributed by atoms with E-state index in [-0.39, 0.29) is 0 Å². The van der Waals surface area contributed by atoms with Crippen molar-refractivity contribution in [3.05, 3.63) is 23.8 Å². The Bertz CT molecular complexity index is 299. The molecule has 0 aliphatic carbocycles. The van der Waals surface area contributed by atoms with Crippen LogP contribution in [-0.2, 0) is 0 Å². The highest BCUT2D eigenvalue weighted by Crippen LogP contribution is 2.29.